The Labute approximate surface area is 123 Å². The smallest absolute Gasteiger partial charge is 0.175 e. The Morgan fingerprint density at radius 3 is 2.52 bits per heavy atom. The first-order valence-corrected chi connectivity index (χ1v) is 8.19. The van der Waals surface area contributed by atoms with E-state index in [9.17, 15) is 12.8 Å². The molecule has 0 atom stereocenters. The Bertz CT molecular complexity index is 744. The van der Waals surface area contributed by atoms with Gasteiger partial charge >= 0.3 is 0 Å². The van der Waals surface area contributed by atoms with Crippen LogP contribution < -0.4 is 10.5 Å². The van der Waals surface area contributed by atoms with Crippen LogP contribution in [0.25, 0.3) is 0 Å². The first kappa shape index (κ1) is 15.5. The van der Waals surface area contributed by atoms with E-state index >= 15 is 0 Å². The summed E-state index contributed by atoms with van der Waals surface area (Å²) in [6, 6.07) is 10.7. The molecule has 0 fully saturated rings. The van der Waals surface area contributed by atoms with Gasteiger partial charge < -0.3 is 10.5 Å². The largest absolute Gasteiger partial charge is 0.489 e. The summed E-state index contributed by atoms with van der Waals surface area (Å²) in [5, 5.41) is 0. The van der Waals surface area contributed by atoms with Crippen LogP contribution >= 0.6 is 0 Å². The van der Waals surface area contributed by atoms with Gasteiger partial charge in [-0.05, 0) is 41.5 Å². The SMILES string of the molecule is CS(=O)(=O)c1cccc(OCc2cc(F)cc(CN)c2)c1. The number of hydrogen-bond acceptors (Lipinski definition) is 4. The number of halogens is 1. The fraction of sp³-hybridized carbons (Fsp3) is 0.200. The summed E-state index contributed by atoms with van der Waals surface area (Å²) in [4.78, 5) is 0.182. The van der Waals surface area contributed by atoms with Crippen LogP contribution in [0.5, 0.6) is 5.75 Å². The van der Waals surface area contributed by atoms with Crippen molar-refractivity contribution < 1.29 is 17.5 Å². The zero-order valence-corrected chi connectivity index (χ0v) is 12.4. The molecule has 2 rings (SSSR count). The van der Waals surface area contributed by atoms with Gasteiger partial charge in [0.15, 0.2) is 9.84 Å². The van der Waals surface area contributed by atoms with Crippen LogP contribution in [0.2, 0.25) is 0 Å². The van der Waals surface area contributed by atoms with Gasteiger partial charge in [-0.2, -0.15) is 0 Å². The Kier molecular flexibility index (Phi) is 4.59. The number of rotatable bonds is 5. The van der Waals surface area contributed by atoms with E-state index < -0.39 is 9.84 Å². The molecular formula is C15H16FNO3S. The molecule has 0 heterocycles. The number of hydrogen-bond donors (Lipinski definition) is 1. The lowest BCUT2D eigenvalue weighted by Gasteiger charge is -2.09. The molecule has 112 valence electrons. The number of nitrogens with two attached hydrogens (primary N) is 1. The average molecular weight is 309 g/mol. The van der Waals surface area contributed by atoms with Crippen LogP contribution in [-0.4, -0.2) is 14.7 Å². The Morgan fingerprint density at radius 2 is 1.86 bits per heavy atom. The highest BCUT2D eigenvalue weighted by Crippen LogP contribution is 2.19. The van der Waals surface area contributed by atoms with Gasteiger partial charge in [0.1, 0.15) is 18.2 Å². The Balaban J connectivity index is 2.15. The van der Waals surface area contributed by atoms with Crippen molar-refractivity contribution in [1.82, 2.24) is 0 Å². The molecule has 0 bridgehead atoms. The molecule has 21 heavy (non-hydrogen) atoms. The van der Waals surface area contributed by atoms with Gasteiger partial charge in [0, 0.05) is 12.8 Å². The molecule has 0 aromatic heterocycles. The summed E-state index contributed by atoms with van der Waals surface area (Å²) in [5.41, 5.74) is 6.81. The molecule has 0 saturated carbocycles. The third-order valence-electron chi connectivity index (χ3n) is 2.89. The van der Waals surface area contributed by atoms with Crippen molar-refractivity contribution in [1.29, 1.82) is 0 Å². The van der Waals surface area contributed by atoms with Crippen LogP contribution in [-0.2, 0) is 23.0 Å². The summed E-state index contributed by atoms with van der Waals surface area (Å²) < 4.78 is 41.8. The fourth-order valence-electron chi connectivity index (χ4n) is 1.88. The van der Waals surface area contributed by atoms with Crippen molar-refractivity contribution in [2.45, 2.75) is 18.0 Å². The van der Waals surface area contributed by atoms with Crippen LogP contribution in [0.15, 0.2) is 47.4 Å². The highest BCUT2D eigenvalue weighted by Gasteiger charge is 2.08. The molecule has 4 nitrogen and oxygen atoms in total. The highest BCUT2D eigenvalue weighted by atomic mass is 32.2. The van der Waals surface area contributed by atoms with Crippen LogP contribution in [0.4, 0.5) is 4.39 Å². The summed E-state index contributed by atoms with van der Waals surface area (Å²) in [6.45, 7) is 0.381. The van der Waals surface area contributed by atoms with E-state index in [4.69, 9.17) is 10.5 Å². The molecule has 0 aliphatic rings. The number of benzene rings is 2. The molecule has 0 radical (unpaired) electrons. The van der Waals surface area contributed by atoms with E-state index in [1.807, 2.05) is 0 Å². The molecule has 0 aliphatic carbocycles. The third kappa shape index (κ3) is 4.27. The van der Waals surface area contributed by atoms with Crippen LogP contribution in [0, 0.1) is 5.82 Å². The summed E-state index contributed by atoms with van der Waals surface area (Å²) in [6.07, 6.45) is 1.13. The van der Waals surface area contributed by atoms with Gasteiger partial charge in [0.2, 0.25) is 0 Å². The van der Waals surface area contributed by atoms with E-state index in [0.29, 0.717) is 16.9 Å². The van der Waals surface area contributed by atoms with Crippen molar-refractivity contribution in [3.05, 3.63) is 59.4 Å². The maximum absolute atomic E-state index is 13.4. The van der Waals surface area contributed by atoms with E-state index in [1.54, 1.807) is 18.2 Å². The molecule has 0 spiro atoms. The minimum atomic E-state index is -3.28. The third-order valence-corrected chi connectivity index (χ3v) is 4.00. The summed E-state index contributed by atoms with van der Waals surface area (Å²) in [5.74, 6) is 0.0397. The minimum absolute atomic E-state index is 0.137. The molecule has 2 N–H and O–H groups in total. The summed E-state index contributed by atoms with van der Waals surface area (Å²) >= 11 is 0. The van der Waals surface area contributed by atoms with Crippen LogP contribution in [0.1, 0.15) is 11.1 Å². The summed E-state index contributed by atoms with van der Waals surface area (Å²) in [7, 11) is -3.28. The predicted molar refractivity (Wildman–Crippen MR) is 78.2 cm³/mol. The van der Waals surface area contributed by atoms with Gasteiger partial charge in [-0.15, -0.1) is 0 Å². The van der Waals surface area contributed by atoms with E-state index in [0.717, 1.165) is 6.26 Å². The quantitative estimate of drug-likeness (QED) is 0.920. The first-order chi connectivity index (χ1) is 9.88. The van der Waals surface area contributed by atoms with Crippen molar-refractivity contribution in [3.8, 4) is 5.75 Å². The maximum atomic E-state index is 13.4. The van der Waals surface area contributed by atoms with Gasteiger partial charge in [0.25, 0.3) is 0 Å². The molecule has 2 aromatic carbocycles. The minimum Gasteiger partial charge on any atom is -0.489 e. The highest BCUT2D eigenvalue weighted by molar-refractivity contribution is 7.90. The predicted octanol–water partition coefficient (Wildman–Crippen LogP) is 2.27. The normalized spacial score (nSPS) is 11.4. The van der Waals surface area contributed by atoms with Gasteiger partial charge in [-0.3, -0.25) is 0 Å². The monoisotopic (exact) mass is 309 g/mol. The molecule has 0 unspecified atom stereocenters. The Morgan fingerprint density at radius 1 is 1.14 bits per heavy atom. The van der Waals surface area contributed by atoms with E-state index in [1.165, 1.54) is 24.3 Å². The average Bonchev–Trinajstić information content (AvgIpc) is 2.44. The molecule has 0 aliphatic heterocycles. The molecule has 0 saturated heterocycles. The lowest BCUT2D eigenvalue weighted by atomic mass is 10.1. The lowest BCUT2D eigenvalue weighted by Crippen LogP contribution is -2.02. The standard InChI is InChI=1S/C15H16FNO3S/c1-21(18,19)15-4-2-3-14(8-15)20-10-12-5-11(9-17)6-13(16)7-12/h2-8H,9-10,17H2,1H3. The van der Waals surface area contributed by atoms with Crippen molar-refractivity contribution in [2.24, 2.45) is 5.73 Å². The molecule has 0 amide bonds. The first-order valence-electron chi connectivity index (χ1n) is 6.30. The van der Waals surface area contributed by atoms with Crippen LogP contribution in [0.3, 0.4) is 0 Å². The van der Waals surface area contributed by atoms with E-state index in [-0.39, 0.29) is 23.9 Å². The maximum Gasteiger partial charge on any atom is 0.175 e. The van der Waals surface area contributed by atoms with Gasteiger partial charge in [-0.25, -0.2) is 12.8 Å². The zero-order chi connectivity index (χ0) is 15.5. The zero-order valence-electron chi connectivity index (χ0n) is 11.5. The molecule has 2 aromatic rings. The van der Waals surface area contributed by atoms with Crippen molar-refractivity contribution in [2.75, 3.05) is 6.26 Å². The second-order valence-electron chi connectivity index (χ2n) is 4.71. The van der Waals surface area contributed by atoms with Crippen molar-refractivity contribution >= 4 is 9.84 Å². The molecule has 6 heteroatoms. The number of sulfone groups is 1. The Hall–Kier alpha value is -1.92. The second kappa shape index (κ2) is 6.24. The topological polar surface area (TPSA) is 69.4 Å². The fourth-order valence-corrected chi connectivity index (χ4v) is 2.54. The van der Waals surface area contributed by atoms with Crippen molar-refractivity contribution in [3.63, 3.8) is 0 Å². The second-order valence-corrected chi connectivity index (χ2v) is 6.72. The lowest BCUT2D eigenvalue weighted by molar-refractivity contribution is 0.304. The van der Waals surface area contributed by atoms with Gasteiger partial charge in [0.05, 0.1) is 4.90 Å². The van der Waals surface area contributed by atoms with Gasteiger partial charge in [-0.1, -0.05) is 12.1 Å². The van der Waals surface area contributed by atoms with E-state index in [2.05, 4.69) is 0 Å². The molecular weight excluding hydrogens is 293 g/mol. The number of ether oxygens (including phenoxy) is 1.